The van der Waals surface area contributed by atoms with E-state index in [-0.39, 0.29) is 11.2 Å². The zero-order chi connectivity index (χ0) is 18.1. The fraction of sp³-hybridized carbons (Fsp3) is 0.556. The average Bonchev–Trinajstić information content (AvgIpc) is 3.43. The number of piperidine rings is 1. The molecule has 3 heterocycles. The van der Waals surface area contributed by atoms with Gasteiger partial charge in [-0.25, -0.2) is 12.7 Å². The molecule has 0 bridgehead atoms. The Balaban J connectivity index is 1.34. The smallest absolute Gasteiger partial charge is 0.216 e. The summed E-state index contributed by atoms with van der Waals surface area (Å²) in [6.45, 7) is 3.71. The van der Waals surface area contributed by atoms with Crippen LogP contribution in [0.25, 0.3) is 11.4 Å². The molecule has 1 aliphatic carbocycles. The van der Waals surface area contributed by atoms with Crippen LogP contribution in [0.1, 0.15) is 31.2 Å². The Morgan fingerprint density at radius 2 is 2.12 bits per heavy atom. The number of nitrogens with one attached hydrogen (secondary N) is 1. The molecule has 1 aliphatic heterocycles. The Morgan fingerprint density at radius 1 is 1.27 bits per heavy atom. The third-order valence-electron chi connectivity index (χ3n) is 5.09. The van der Waals surface area contributed by atoms with E-state index in [2.05, 4.69) is 15.2 Å². The number of rotatable bonds is 6. The quantitative estimate of drug-likeness (QED) is 0.836. The molecule has 26 heavy (non-hydrogen) atoms. The second kappa shape index (κ2) is 7.00. The highest BCUT2D eigenvalue weighted by molar-refractivity contribution is 7.90. The minimum absolute atomic E-state index is 0.134. The summed E-state index contributed by atoms with van der Waals surface area (Å²) >= 11 is 0. The van der Waals surface area contributed by atoms with Crippen LogP contribution < -0.4 is 4.74 Å². The lowest BCUT2D eigenvalue weighted by Crippen LogP contribution is -2.43. The summed E-state index contributed by atoms with van der Waals surface area (Å²) in [4.78, 5) is 4.43. The third kappa shape index (κ3) is 3.61. The van der Waals surface area contributed by atoms with Crippen LogP contribution in [-0.2, 0) is 10.0 Å². The first-order valence-electron chi connectivity index (χ1n) is 9.12. The summed E-state index contributed by atoms with van der Waals surface area (Å²) in [6.07, 6.45) is 7.00. The number of ether oxygens (including phenoxy) is 1. The average molecular weight is 376 g/mol. The van der Waals surface area contributed by atoms with Crippen LogP contribution in [0, 0.1) is 12.8 Å². The number of hydrogen-bond acceptors (Lipinski definition) is 5. The zero-order valence-electron chi connectivity index (χ0n) is 14.9. The van der Waals surface area contributed by atoms with Crippen molar-refractivity contribution in [2.45, 2.75) is 37.9 Å². The molecule has 7 nitrogen and oxygen atoms in total. The largest absolute Gasteiger partial charge is 0.492 e. The van der Waals surface area contributed by atoms with Crippen molar-refractivity contribution in [1.29, 1.82) is 0 Å². The first-order valence-corrected chi connectivity index (χ1v) is 10.6. The van der Waals surface area contributed by atoms with Gasteiger partial charge in [0, 0.05) is 19.0 Å². The second-order valence-electron chi connectivity index (χ2n) is 7.23. The molecule has 140 valence electrons. The molecule has 1 saturated carbocycles. The van der Waals surface area contributed by atoms with Crippen molar-refractivity contribution in [3.8, 4) is 17.1 Å². The molecule has 1 saturated heterocycles. The summed E-state index contributed by atoms with van der Waals surface area (Å²) in [5, 5.41) is 6.82. The molecular weight excluding hydrogens is 352 g/mol. The van der Waals surface area contributed by atoms with Crippen molar-refractivity contribution in [1.82, 2.24) is 19.5 Å². The maximum atomic E-state index is 12.4. The molecule has 1 atom stereocenters. The highest BCUT2D eigenvalue weighted by Gasteiger charge is 2.41. The number of aromatic nitrogens is 3. The van der Waals surface area contributed by atoms with Gasteiger partial charge in [-0.15, -0.1) is 0 Å². The van der Waals surface area contributed by atoms with E-state index in [1.54, 1.807) is 16.7 Å². The third-order valence-corrected chi connectivity index (χ3v) is 7.46. The minimum Gasteiger partial charge on any atom is -0.492 e. The van der Waals surface area contributed by atoms with Gasteiger partial charge < -0.3 is 4.74 Å². The van der Waals surface area contributed by atoms with Crippen LogP contribution in [0.2, 0.25) is 0 Å². The highest BCUT2D eigenvalue weighted by atomic mass is 32.2. The Labute approximate surface area is 153 Å². The van der Waals surface area contributed by atoms with Gasteiger partial charge in [-0.05, 0) is 50.3 Å². The van der Waals surface area contributed by atoms with E-state index in [0.717, 1.165) is 42.6 Å². The van der Waals surface area contributed by atoms with E-state index >= 15 is 0 Å². The van der Waals surface area contributed by atoms with Crippen molar-refractivity contribution in [2.75, 3.05) is 19.7 Å². The Hall–Kier alpha value is -1.93. The van der Waals surface area contributed by atoms with Crippen LogP contribution in [-0.4, -0.2) is 52.9 Å². The van der Waals surface area contributed by atoms with Gasteiger partial charge in [-0.1, -0.05) is 0 Å². The molecule has 8 heteroatoms. The van der Waals surface area contributed by atoms with E-state index < -0.39 is 10.0 Å². The van der Waals surface area contributed by atoms with Crippen molar-refractivity contribution in [2.24, 2.45) is 5.92 Å². The molecule has 0 amide bonds. The molecule has 0 unspecified atom stereocenters. The molecule has 1 N–H and O–H groups in total. The molecule has 2 aromatic rings. The summed E-state index contributed by atoms with van der Waals surface area (Å²) in [5.41, 5.74) is 2.78. The number of H-pyrrole nitrogens is 1. The first-order chi connectivity index (χ1) is 12.5. The Morgan fingerprint density at radius 3 is 2.77 bits per heavy atom. The van der Waals surface area contributed by atoms with Crippen molar-refractivity contribution >= 4 is 10.0 Å². The molecular formula is C18H24N4O3S. The van der Waals surface area contributed by atoms with Crippen LogP contribution in [0.4, 0.5) is 0 Å². The molecule has 0 radical (unpaired) electrons. The highest BCUT2D eigenvalue weighted by Crippen LogP contribution is 2.33. The van der Waals surface area contributed by atoms with Gasteiger partial charge in [0.05, 0.1) is 35.6 Å². The van der Waals surface area contributed by atoms with Crippen molar-refractivity contribution < 1.29 is 13.2 Å². The maximum Gasteiger partial charge on any atom is 0.216 e. The van der Waals surface area contributed by atoms with Gasteiger partial charge in [-0.2, -0.15) is 5.10 Å². The number of sulfonamides is 1. The summed E-state index contributed by atoms with van der Waals surface area (Å²) in [5.74, 6) is 0.930. The summed E-state index contributed by atoms with van der Waals surface area (Å²) < 4.78 is 32.4. The lowest BCUT2D eigenvalue weighted by molar-refractivity contribution is 0.180. The van der Waals surface area contributed by atoms with Crippen molar-refractivity contribution in [3.63, 3.8) is 0 Å². The molecule has 0 spiro atoms. The summed E-state index contributed by atoms with van der Waals surface area (Å²) in [6, 6.07) is 3.80. The fourth-order valence-corrected chi connectivity index (χ4v) is 5.36. The molecule has 2 aromatic heterocycles. The second-order valence-corrected chi connectivity index (χ2v) is 9.44. The van der Waals surface area contributed by atoms with Gasteiger partial charge in [-0.3, -0.25) is 10.1 Å². The number of aromatic amines is 1. The Bertz CT molecular complexity index is 859. The molecule has 0 aromatic carbocycles. The van der Waals surface area contributed by atoms with E-state index in [9.17, 15) is 8.42 Å². The SMILES string of the molecule is Cc1cn[nH]c1-c1ccc(OC[C@@H]2CCCN(S(=O)(=O)C3CC3)C2)cn1. The summed E-state index contributed by atoms with van der Waals surface area (Å²) in [7, 11) is -3.08. The van der Waals surface area contributed by atoms with Crippen LogP contribution >= 0.6 is 0 Å². The van der Waals surface area contributed by atoms with E-state index in [0.29, 0.717) is 25.4 Å². The molecule has 2 aliphatic rings. The van der Waals surface area contributed by atoms with Gasteiger partial charge in [0.2, 0.25) is 10.0 Å². The number of aryl methyl sites for hydroxylation is 1. The topological polar surface area (TPSA) is 88.2 Å². The van der Waals surface area contributed by atoms with E-state index in [1.165, 1.54) is 0 Å². The molecule has 2 fully saturated rings. The lowest BCUT2D eigenvalue weighted by atomic mass is 10.0. The predicted molar refractivity (Wildman–Crippen MR) is 98.3 cm³/mol. The zero-order valence-corrected chi connectivity index (χ0v) is 15.7. The van der Waals surface area contributed by atoms with Gasteiger partial charge in [0.1, 0.15) is 5.75 Å². The monoisotopic (exact) mass is 376 g/mol. The maximum absolute atomic E-state index is 12.4. The van der Waals surface area contributed by atoms with Crippen LogP contribution in [0.5, 0.6) is 5.75 Å². The molecule has 4 rings (SSSR count). The van der Waals surface area contributed by atoms with Gasteiger partial charge in [0.15, 0.2) is 0 Å². The van der Waals surface area contributed by atoms with Crippen LogP contribution in [0.3, 0.4) is 0 Å². The number of hydrogen-bond donors (Lipinski definition) is 1. The van der Waals surface area contributed by atoms with Gasteiger partial charge >= 0.3 is 0 Å². The van der Waals surface area contributed by atoms with Gasteiger partial charge in [0.25, 0.3) is 0 Å². The predicted octanol–water partition coefficient (Wildman–Crippen LogP) is 2.36. The normalized spacial score (nSPS) is 21.7. The number of nitrogens with zero attached hydrogens (tertiary/aromatic N) is 3. The van der Waals surface area contributed by atoms with E-state index in [1.807, 2.05) is 19.1 Å². The minimum atomic E-state index is -3.08. The van der Waals surface area contributed by atoms with Crippen molar-refractivity contribution in [3.05, 3.63) is 30.1 Å². The van der Waals surface area contributed by atoms with Crippen LogP contribution in [0.15, 0.2) is 24.5 Å². The lowest BCUT2D eigenvalue weighted by Gasteiger charge is -2.31. The first kappa shape index (κ1) is 17.5. The fourth-order valence-electron chi connectivity index (χ4n) is 3.40. The Kier molecular flexibility index (Phi) is 4.71. The standard InChI is InChI=1S/C18H24N4O3S/c1-13-9-20-21-18(13)17-7-4-15(10-19-17)25-12-14-3-2-8-22(11-14)26(23,24)16-5-6-16/h4,7,9-10,14,16H,2-3,5-6,8,11-12H2,1H3,(H,20,21)/t14-/m1/s1. The van der Waals surface area contributed by atoms with E-state index in [4.69, 9.17) is 4.74 Å². The number of pyridine rings is 1.